The van der Waals surface area contributed by atoms with Crippen LogP contribution in [0.5, 0.6) is 0 Å². The first-order valence-corrected chi connectivity index (χ1v) is 8.02. The third-order valence-electron chi connectivity index (χ3n) is 3.16. The minimum atomic E-state index is -0.0835. The molecule has 0 fully saturated rings. The maximum atomic E-state index is 12.1. The molecule has 0 saturated carbocycles. The van der Waals surface area contributed by atoms with E-state index in [0.29, 0.717) is 5.16 Å². The molecule has 0 spiro atoms. The summed E-state index contributed by atoms with van der Waals surface area (Å²) in [6.07, 6.45) is 3.29. The van der Waals surface area contributed by atoms with Crippen LogP contribution in [0.15, 0.2) is 60.1 Å². The number of para-hydroxylation sites is 1. The van der Waals surface area contributed by atoms with E-state index in [1.807, 2.05) is 49.4 Å². The van der Waals surface area contributed by atoms with Crippen molar-refractivity contribution < 1.29 is 4.79 Å². The second-order valence-electron chi connectivity index (χ2n) is 4.82. The number of anilines is 1. The van der Waals surface area contributed by atoms with Crippen molar-refractivity contribution in [2.45, 2.75) is 12.1 Å². The van der Waals surface area contributed by atoms with Crippen LogP contribution in [0.4, 0.5) is 5.69 Å². The molecular formula is C16H15N5OS. The first kappa shape index (κ1) is 15.2. The van der Waals surface area contributed by atoms with Gasteiger partial charge in [-0.25, -0.2) is 4.98 Å². The Labute approximate surface area is 138 Å². The number of hydrogen-bond acceptors (Lipinski definition) is 5. The number of amides is 1. The highest BCUT2D eigenvalue weighted by atomic mass is 32.2. The molecule has 0 atom stereocenters. The Hall–Kier alpha value is -2.67. The van der Waals surface area contributed by atoms with Crippen LogP contribution in [0.2, 0.25) is 0 Å². The van der Waals surface area contributed by atoms with Crippen LogP contribution in [0.25, 0.3) is 5.82 Å². The van der Waals surface area contributed by atoms with Crippen LogP contribution in [0.1, 0.15) is 5.56 Å². The van der Waals surface area contributed by atoms with Gasteiger partial charge in [0.15, 0.2) is 5.16 Å². The van der Waals surface area contributed by atoms with Gasteiger partial charge in [0.05, 0.1) is 5.75 Å². The van der Waals surface area contributed by atoms with E-state index in [2.05, 4.69) is 20.5 Å². The standard InChI is InChI=1S/C16H15N5OS/c1-12-6-2-3-7-13(12)19-15(22)10-23-16-20-18-11-21(16)14-8-4-5-9-17-14/h2-9,11H,10H2,1H3,(H,19,22). The molecule has 0 radical (unpaired) electrons. The molecule has 1 N–H and O–H groups in total. The summed E-state index contributed by atoms with van der Waals surface area (Å²) in [7, 11) is 0. The molecule has 7 heteroatoms. The number of carbonyl (C=O) groups is 1. The number of aryl methyl sites for hydroxylation is 1. The summed E-state index contributed by atoms with van der Waals surface area (Å²) in [5, 5.41) is 11.5. The molecule has 3 aromatic rings. The van der Waals surface area contributed by atoms with Gasteiger partial charge in [-0.15, -0.1) is 10.2 Å². The monoisotopic (exact) mass is 325 g/mol. The summed E-state index contributed by atoms with van der Waals surface area (Å²) in [4.78, 5) is 16.4. The first-order valence-electron chi connectivity index (χ1n) is 7.04. The second kappa shape index (κ2) is 7.06. The summed E-state index contributed by atoms with van der Waals surface area (Å²) in [5.74, 6) is 0.888. The number of nitrogens with zero attached hydrogens (tertiary/aromatic N) is 4. The highest BCUT2D eigenvalue weighted by Crippen LogP contribution is 2.19. The first-order chi connectivity index (χ1) is 11.2. The summed E-state index contributed by atoms with van der Waals surface area (Å²) < 4.78 is 1.76. The van der Waals surface area contributed by atoms with Crippen molar-refractivity contribution in [3.63, 3.8) is 0 Å². The lowest BCUT2D eigenvalue weighted by molar-refractivity contribution is -0.113. The SMILES string of the molecule is Cc1ccccc1NC(=O)CSc1nncn1-c1ccccn1. The van der Waals surface area contributed by atoms with Gasteiger partial charge in [0.1, 0.15) is 12.1 Å². The normalized spacial score (nSPS) is 10.5. The van der Waals surface area contributed by atoms with Crippen LogP contribution >= 0.6 is 11.8 Å². The minimum absolute atomic E-state index is 0.0835. The molecule has 6 nitrogen and oxygen atoms in total. The number of carbonyl (C=O) groups excluding carboxylic acids is 1. The van der Waals surface area contributed by atoms with Crippen molar-refractivity contribution in [2.75, 3.05) is 11.1 Å². The van der Waals surface area contributed by atoms with E-state index in [1.165, 1.54) is 11.8 Å². The number of aromatic nitrogens is 4. The molecule has 1 aromatic carbocycles. The molecule has 2 heterocycles. The quantitative estimate of drug-likeness (QED) is 0.730. The van der Waals surface area contributed by atoms with Crippen LogP contribution in [-0.2, 0) is 4.79 Å². The summed E-state index contributed by atoms with van der Waals surface area (Å²) >= 11 is 1.32. The van der Waals surface area contributed by atoms with Crippen molar-refractivity contribution in [2.24, 2.45) is 0 Å². The maximum Gasteiger partial charge on any atom is 0.234 e. The molecule has 0 aliphatic rings. The molecular weight excluding hydrogens is 310 g/mol. The molecule has 0 bridgehead atoms. The van der Waals surface area contributed by atoms with Crippen molar-refractivity contribution in [1.82, 2.24) is 19.7 Å². The third-order valence-corrected chi connectivity index (χ3v) is 4.11. The van der Waals surface area contributed by atoms with E-state index < -0.39 is 0 Å². The highest BCUT2D eigenvalue weighted by molar-refractivity contribution is 7.99. The highest BCUT2D eigenvalue weighted by Gasteiger charge is 2.11. The lowest BCUT2D eigenvalue weighted by Crippen LogP contribution is -2.15. The Bertz CT molecular complexity index is 803. The van der Waals surface area contributed by atoms with Crippen LogP contribution in [0, 0.1) is 6.92 Å². The van der Waals surface area contributed by atoms with Crippen LogP contribution < -0.4 is 5.32 Å². The minimum Gasteiger partial charge on any atom is -0.325 e. The molecule has 23 heavy (non-hydrogen) atoms. The average Bonchev–Trinajstić information content (AvgIpc) is 3.04. The molecule has 0 aliphatic heterocycles. The van der Waals surface area contributed by atoms with Crippen LogP contribution in [-0.4, -0.2) is 31.4 Å². The van der Waals surface area contributed by atoms with Crippen molar-refractivity contribution in [3.8, 4) is 5.82 Å². The number of hydrogen-bond donors (Lipinski definition) is 1. The molecule has 1 amide bonds. The number of thioether (sulfide) groups is 1. The number of pyridine rings is 1. The van der Waals surface area contributed by atoms with Crippen molar-refractivity contribution in [1.29, 1.82) is 0 Å². The fourth-order valence-corrected chi connectivity index (χ4v) is 2.72. The fraction of sp³-hybridized carbons (Fsp3) is 0.125. The van der Waals surface area contributed by atoms with E-state index in [9.17, 15) is 4.79 Å². The van der Waals surface area contributed by atoms with Gasteiger partial charge < -0.3 is 5.32 Å². The Morgan fingerprint density at radius 1 is 1.22 bits per heavy atom. The van der Waals surface area contributed by atoms with Crippen molar-refractivity contribution >= 4 is 23.4 Å². The third kappa shape index (κ3) is 3.75. The summed E-state index contributed by atoms with van der Waals surface area (Å²) in [6, 6.07) is 13.3. The molecule has 0 saturated heterocycles. The van der Waals surface area contributed by atoms with Crippen molar-refractivity contribution in [3.05, 3.63) is 60.6 Å². The zero-order valence-electron chi connectivity index (χ0n) is 12.5. The molecule has 2 aromatic heterocycles. The molecule has 116 valence electrons. The topological polar surface area (TPSA) is 72.7 Å². The zero-order chi connectivity index (χ0) is 16.1. The summed E-state index contributed by atoms with van der Waals surface area (Å²) in [6.45, 7) is 1.96. The van der Waals surface area contributed by atoms with Gasteiger partial charge in [0, 0.05) is 11.9 Å². The van der Waals surface area contributed by atoms with Gasteiger partial charge in [0.2, 0.25) is 5.91 Å². The largest absolute Gasteiger partial charge is 0.325 e. The second-order valence-corrected chi connectivity index (χ2v) is 5.77. The lowest BCUT2D eigenvalue weighted by Gasteiger charge is -2.08. The van der Waals surface area contributed by atoms with E-state index in [0.717, 1.165) is 17.1 Å². The van der Waals surface area contributed by atoms with E-state index in [4.69, 9.17) is 0 Å². The molecule has 0 aliphatic carbocycles. The average molecular weight is 325 g/mol. The maximum absolute atomic E-state index is 12.1. The predicted molar refractivity (Wildman–Crippen MR) is 89.7 cm³/mol. The lowest BCUT2D eigenvalue weighted by atomic mass is 10.2. The van der Waals surface area contributed by atoms with Gasteiger partial charge in [-0.1, -0.05) is 36.0 Å². The van der Waals surface area contributed by atoms with E-state index >= 15 is 0 Å². The predicted octanol–water partition coefficient (Wildman–Crippen LogP) is 2.70. The number of benzene rings is 1. The Balaban J connectivity index is 1.64. The van der Waals surface area contributed by atoms with E-state index in [1.54, 1.807) is 17.1 Å². The van der Waals surface area contributed by atoms with Gasteiger partial charge in [0.25, 0.3) is 0 Å². The number of rotatable bonds is 5. The molecule has 0 unspecified atom stereocenters. The fourth-order valence-electron chi connectivity index (χ4n) is 2.01. The van der Waals surface area contributed by atoms with Gasteiger partial charge in [-0.2, -0.15) is 0 Å². The Morgan fingerprint density at radius 3 is 2.83 bits per heavy atom. The Kier molecular flexibility index (Phi) is 4.68. The van der Waals surface area contributed by atoms with E-state index in [-0.39, 0.29) is 11.7 Å². The van der Waals surface area contributed by atoms with Crippen LogP contribution in [0.3, 0.4) is 0 Å². The number of nitrogens with one attached hydrogen (secondary N) is 1. The van der Waals surface area contributed by atoms with Gasteiger partial charge in [-0.3, -0.25) is 9.36 Å². The van der Waals surface area contributed by atoms with Gasteiger partial charge in [-0.05, 0) is 30.7 Å². The molecule has 3 rings (SSSR count). The zero-order valence-corrected chi connectivity index (χ0v) is 13.3. The Morgan fingerprint density at radius 2 is 2.04 bits per heavy atom. The smallest absolute Gasteiger partial charge is 0.234 e. The van der Waals surface area contributed by atoms with Gasteiger partial charge >= 0.3 is 0 Å². The summed E-state index contributed by atoms with van der Waals surface area (Å²) in [5.41, 5.74) is 1.85.